The van der Waals surface area contributed by atoms with Crippen molar-refractivity contribution >= 4 is 35.1 Å². The van der Waals surface area contributed by atoms with Crippen molar-refractivity contribution in [1.82, 2.24) is 4.98 Å². The zero-order valence-electron chi connectivity index (χ0n) is 15.6. The third kappa shape index (κ3) is 6.32. The number of nitrogens with one attached hydrogen (secondary N) is 1. The van der Waals surface area contributed by atoms with Crippen LogP contribution in [0.25, 0.3) is 0 Å². The summed E-state index contributed by atoms with van der Waals surface area (Å²) in [7, 11) is 0. The van der Waals surface area contributed by atoms with E-state index in [1.54, 1.807) is 50.2 Å². The number of carbonyl (C=O) groups is 2. The van der Waals surface area contributed by atoms with Crippen molar-refractivity contribution in [1.29, 1.82) is 0 Å². The van der Waals surface area contributed by atoms with E-state index in [1.807, 2.05) is 0 Å². The second-order valence-electron chi connectivity index (χ2n) is 5.87. The number of carbonyl (C=O) groups excluding carboxylic acids is 2. The molecule has 10 nitrogen and oxygen atoms in total. The number of nitrogens with two attached hydrogens (primary N) is 2. The van der Waals surface area contributed by atoms with E-state index >= 15 is 0 Å². The highest BCUT2D eigenvalue weighted by Crippen LogP contribution is 2.30. The highest BCUT2D eigenvalue weighted by atomic mass is 16.7. The molecule has 0 atom stereocenters. The SMILES string of the molecule is CC(C)OC(=O)Oc1ccccc1/N=N/c1ccc(NC(=O)CCN)nc1N. The van der Waals surface area contributed by atoms with E-state index in [0.717, 1.165) is 0 Å². The van der Waals surface area contributed by atoms with Crippen molar-refractivity contribution in [2.24, 2.45) is 16.0 Å². The van der Waals surface area contributed by atoms with Crippen molar-refractivity contribution in [2.45, 2.75) is 26.4 Å². The predicted octanol–water partition coefficient (Wildman–Crippen LogP) is 3.29. The number of hydrogen-bond donors (Lipinski definition) is 3. The maximum absolute atomic E-state index is 11.7. The topological polar surface area (TPSA) is 154 Å². The molecular weight excluding hydrogens is 364 g/mol. The Morgan fingerprint density at radius 1 is 1.14 bits per heavy atom. The number of ether oxygens (including phenoxy) is 2. The molecule has 0 aliphatic carbocycles. The Labute approximate surface area is 161 Å². The lowest BCUT2D eigenvalue weighted by atomic mass is 10.3. The standard InChI is InChI=1S/C18H22N6O4/c1-11(2)27-18(26)28-14-6-4-3-5-12(14)23-24-13-7-8-15(22-17(13)20)21-16(25)9-10-19/h3-8,11H,9-10,19H2,1-2H3,(H3,20,21,22,25)/b24-23+. The molecule has 0 bridgehead atoms. The molecule has 0 radical (unpaired) electrons. The van der Waals surface area contributed by atoms with Crippen molar-refractivity contribution in [2.75, 3.05) is 17.6 Å². The Bertz CT molecular complexity index is 869. The third-order valence-corrected chi connectivity index (χ3v) is 3.20. The molecule has 1 heterocycles. The maximum Gasteiger partial charge on any atom is 0.514 e. The quantitative estimate of drug-likeness (QED) is 0.374. The zero-order valence-corrected chi connectivity index (χ0v) is 15.6. The van der Waals surface area contributed by atoms with Gasteiger partial charge in [0.15, 0.2) is 11.6 Å². The number of rotatable bonds is 7. The van der Waals surface area contributed by atoms with E-state index in [-0.39, 0.29) is 48.0 Å². The van der Waals surface area contributed by atoms with Gasteiger partial charge in [0.25, 0.3) is 0 Å². The van der Waals surface area contributed by atoms with E-state index in [4.69, 9.17) is 20.9 Å². The maximum atomic E-state index is 11.7. The molecule has 5 N–H and O–H groups in total. The number of para-hydroxylation sites is 1. The van der Waals surface area contributed by atoms with Gasteiger partial charge in [-0.3, -0.25) is 4.79 Å². The fourth-order valence-corrected chi connectivity index (χ4v) is 2.00. The van der Waals surface area contributed by atoms with Crippen LogP contribution in [0.4, 0.5) is 27.8 Å². The highest BCUT2D eigenvalue weighted by molar-refractivity contribution is 5.90. The summed E-state index contributed by atoms with van der Waals surface area (Å²) >= 11 is 0. The number of nitrogens with zero attached hydrogens (tertiary/aromatic N) is 3. The molecule has 0 aliphatic heterocycles. The van der Waals surface area contributed by atoms with Crippen LogP contribution in [0.5, 0.6) is 5.75 Å². The first-order valence-corrected chi connectivity index (χ1v) is 8.54. The number of anilines is 2. The van der Waals surface area contributed by atoms with Crippen LogP contribution in [0, 0.1) is 0 Å². The molecule has 0 spiro atoms. The number of aromatic nitrogens is 1. The normalized spacial score (nSPS) is 10.9. The number of amides is 1. The van der Waals surface area contributed by atoms with Crippen molar-refractivity contribution in [3.05, 3.63) is 36.4 Å². The molecule has 0 aliphatic rings. The van der Waals surface area contributed by atoms with Gasteiger partial charge < -0.3 is 26.3 Å². The summed E-state index contributed by atoms with van der Waals surface area (Å²) in [5.41, 5.74) is 11.8. The lowest BCUT2D eigenvalue weighted by Crippen LogP contribution is -2.17. The van der Waals surface area contributed by atoms with Crippen LogP contribution in [-0.2, 0) is 9.53 Å². The Kier molecular flexibility index (Phi) is 7.40. The molecule has 148 valence electrons. The van der Waals surface area contributed by atoms with Crippen LogP contribution < -0.4 is 21.5 Å². The minimum absolute atomic E-state index is 0.0758. The Morgan fingerprint density at radius 2 is 1.86 bits per heavy atom. The summed E-state index contributed by atoms with van der Waals surface area (Å²) in [5, 5.41) is 10.7. The Hall–Kier alpha value is -3.53. The van der Waals surface area contributed by atoms with Gasteiger partial charge in [0, 0.05) is 13.0 Å². The number of pyridine rings is 1. The second kappa shape index (κ2) is 9.97. The zero-order chi connectivity index (χ0) is 20.5. The van der Waals surface area contributed by atoms with Crippen LogP contribution >= 0.6 is 0 Å². The number of hydrogen-bond acceptors (Lipinski definition) is 9. The largest absolute Gasteiger partial charge is 0.514 e. The minimum Gasteiger partial charge on any atom is -0.431 e. The lowest BCUT2D eigenvalue weighted by Gasteiger charge is -2.09. The van der Waals surface area contributed by atoms with Crippen LogP contribution in [0.15, 0.2) is 46.6 Å². The van der Waals surface area contributed by atoms with Crippen LogP contribution in [0.3, 0.4) is 0 Å². The van der Waals surface area contributed by atoms with E-state index < -0.39 is 6.16 Å². The number of benzene rings is 1. The first kappa shape index (κ1) is 20.8. The van der Waals surface area contributed by atoms with E-state index in [1.165, 1.54) is 0 Å². The molecular formula is C18H22N6O4. The van der Waals surface area contributed by atoms with Gasteiger partial charge in [-0.2, -0.15) is 0 Å². The van der Waals surface area contributed by atoms with Gasteiger partial charge in [0.05, 0.1) is 6.10 Å². The molecule has 28 heavy (non-hydrogen) atoms. The monoisotopic (exact) mass is 386 g/mol. The third-order valence-electron chi connectivity index (χ3n) is 3.20. The van der Waals surface area contributed by atoms with Gasteiger partial charge >= 0.3 is 6.16 Å². The number of azo groups is 1. The summed E-state index contributed by atoms with van der Waals surface area (Å²) in [4.78, 5) is 27.3. The van der Waals surface area contributed by atoms with E-state index in [0.29, 0.717) is 5.69 Å². The van der Waals surface area contributed by atoms with Crippen LogP contribution in [-0.4, -0.2) is 29.7 Å². The van der Waals surface area contributed by atoms with Crippen molar-refractivity contribution < 1.29 is 19.1 Å². The van der Waals surface area contributed by atoms with Crippen LogP contribution in [0.2, 0.25) is 0 Å². The molecule has 1 aromatic carbocycles. The minimum atomic E-state index is -0.837. The molecule has 0 saturated heterocycles. The molecule has 2 rings (SSSR count). The van der Waals surface area contributed by atoms with Crippen molar-refractivity contribution in [3.63, 3.8) is 0 Å². The predicted molar refractivity (Wildman–Crippen MR) is 104 cm³/mol. The van der Waals surface area contributed by atoms with Gasteiger partial charge in [-0.1, -0.05) is 12.1 Å². The first-order chi connectivity index (χ1) is 13.4. The van der Waals surface area contributed by atoms with Gasteiger partial charge in [0.2, 0.25) is 5.91 Å². The van der Waals surface area contributed by atoms with Gasteiger partial charge in [-0.15, -0.1) is 10.2 Å². The summed E-state index contributed by atoms with van der Waals surface area (Å²) in [6.45, 7) is 3.66. The fourth-order valence-electron chi connectivity index (χ4n) is 2.00. The number of nitrogen functional groups attached to an aromatic ring is 1. The molecule has 0 fully saturated rings. The smallest absolute Gasteiger partial charge is 0.431 e. The molecule has 0 unspecified atom stereocenters. The fraction of sp³-hybridized carbons (Fsp3) is 0.278. The molecule has 10 heteroatoms. The molecule has 2 aromatic rings. The summed E-state index contributed by atoms with van der Waals surface area (Å²) in [5.74, 6) is 0.291. The first-order valence-electron chi connectivity index (χ1n) is 8.54. The van der Waals surface area contributed by atoms with Gasteiger partial charge in [-0.25, -0.2) is 9.78 Å². The summed E-state index contributed by atoms with van der Waals surface area (Å²) in [6, 6.07) is 9.68. The van der Waals surface area contributed by atoms with E-state index in [9.17, 15) is 9.59 Å². The summed E-state index contributed by atoms with van der Waals surface area (Å²) in [6.07, 6.45) is -0.966. The average Bonchev–Trinajstić information content (AvgIpc) is 2.61. The lowest BCUT2D eigenvalue weighted by molar-refractivity contribution is -0.116. The van der Waals surface area contributed by atoms with Gasteiger partial charge in [-0.05, 0) is 38.1 Å². The summed E-state index contributed by atoms with van der Waals surface area (Å²) < 4.78 is 10.1. The molecule has 1 amide bonds. The molecule has 0 saturated carbocycles. The van der Waals surface area contributed by atoms with Crippen LogP contribution in [0.1, 0.15) is 20.3 Å². The Morgan fingerprint density at radius 3 is 2.54 bits per heavy atom. The Balaban J connectivity index is 2.13. The highest BCUT2D eigenvalue weighted by Gasteiger charge is 2.12. The molecule has 1 aromatic heterocycles. The van der Waals surface area contributed by atoms with Gasteiger partial charge in [0.1, 0.15) is 17.2 Å². The van der Waals surface area contributed by atoms with Crippen molar-refractivity contribution in [3.8, 4) is 5.75 Å². The van der Waals surface area contributed by atoms with E-state index in [2.05, 4.69) is 20.5 Å². The average molecular weight is 386 g/mol. The second-order valence-corrected chi connectivity index (χ2v) is 5.87.